The maximum Gasteiger partial charge on any atom is 0.170 e. The first-order valence-electron chi connectivity index (χ1n) is 6.97. The summed E-state index contributed by atoms with van der Waals surface area (Å²) >= 11 is 0. The van der Waals surface area contributed by atoms with Gasteiger partial charge in [0.1, 0.15) is 23.2 Å². The summed E-state index contributed by atoms with van der Waals surface area (Å²) in [5.74, 6) is 1.33. The highest BCUT2D eigenvalue weighted by molar-refractivity contribution is 7.91. The number of hydrogen-bond acceptors (Lipinski definition) is 5. The van der Waals surface area contributed by atoms with Crippen LogP contribution in [0.5, 0.6) is 11.5 Å². The Hall–Kier alpha value is -1.56. The topological polar surface area (TPSA) is 69.7 Å². The minimum atomic E-state index is -2.97. The van der Waals surface area contributed by atoms with E-state index >= 15 is 0 Å². The molecule has 0 aliphatic carbocycles. The van der Waals surface area contributed by atoms with E-state index in [-0.39, 0.29) is 23.4 Å². The molecule has 0 aromatic heterocycles. The maximum absolute atomic E-state index is 12.0. The van der Waals surface area contributed by atoms with Crippen molar-refractivity contribution in [1.82, 2.24) is 0 Å². The SMILES string of the molecule is CC1(C)CC(=O)c2ccc(OC3CCS(=O)(=O)C3)cc2O1. The largest absolute Gasteiger partial charge is 0.489 e. The third-order valence-electron chi connectivity index (χ3n) is 3.72. The molecule has 0 spiro atoms. The third kappa shape index (κ3) is 3.05. The van der Waals surface area contributed by atoms with Gasteiger partial charge in [0.15, 0.2) is 15.6 Å². The molecule has 3 rings (SSSR count). The quantitative estimate of drug-likeness (QED) is 0.835. The summed E-state index contributed by atoms with van der Waals surface area (Å²) in [6.45, 7) is 3.73. The summed E-state index contributed by atoms with van der Waals surface area (Å²) in [5, 5.41) is 0. The fourth-order valence-electron chi connectivity index (χ4n) is 2.75. The number of carbonyl (C=O) groups is 1. The molecule has 1 atom stereocenters. The van der Waals surface area contributed by atoms with E-state index in [0.29, 0.717) is 29.9 Å². The van der Waals surface area contributed by atoms with Crippen LogP contribution in [0.2, 0.25) is 0 Å². The Balaban J connectivity index is 1.82. The Morgan fingerprint density at radius 3 is 2.76 bits per heavy atom. The van der Waals surface area contributed by atoms with Crippen LogP contribution in [0.25, 0.3) is 0 Å². The molecular formula is C15H18O5S. The molecule has 5 nitrogen and oxygen atoms in total. The lowest BCUT2D eigenvalue weighted by Crippen LogP contribution is -2.35. The molecule has 1 fully saturated rings. The molecule has 2 heterocycles. The predicted molar refractivity (Wildman–Crippen MR) is 77.8 cm³/mol. The smallest absolute Gasteiger partial charge is 0.170 e. The first-order valence-corrected chi connectivity index (χ1v) is 8.80. The van der Waals surface area contributed by atoms with Crippen molar-refractivity contribution in [3.8, 4) is 11.5 Å². The van der Waals surface area contributed by atoms with Crippen LogP contribution in [0.3, 0.4) is 0 Å². The van der Waals surface area contributed by atoms with Gasteiger partial charge in [-0.3, -0.25) is 4.79 Å². The van der Waals surface area contributed by atoms with Crippen LogP contribution in [-0.4, -0.2) is 37.4 Å². The minimum absolute atomic E-state index is 0.0510. The molecule has 6 heteroatoms. The second-order valence-electron chi connectivity index (χ2n) is 6.26. The van der Waals surface area contributed by atoms with Gasteiger partial charge in [0.2, 0.25) is 0 Å². The van der Waals surface area contributed by atoms with Gasteiger partial charge in [0.05, 0.1) is 23.5 Å². The Morgan fingerprint density at radius 1 is 1.33 bits per heavy atom. The molecule has 21 heavy (non-hydrogen) atoms. The number of hydrogen-bond donors (Lipinski definition) is 0. The standard InChI is InChI=1S/C15H18O5S/c1-15(2)8-13(16)12-4-3-10(7-14(12)20-15)19-11-5-6-21(17,18)9-11/h3-4,7,11H,5-6,8-9H2,1-2H3. The van der Waals surface area contributed by atoms with Crippen LogP contribution >= 0.6 is 0 Å². The van der Waals surface area contributed by atoms with Crippen LogP contribution in [0.4, 0.5) is 0 Å². The van der Waals surface area contributed by atoms with Crippen LogP contribution in [-0.2, 0) is 9.84 Å². The number of ketones is 1. The highest BCUT2D eigenvalue weighted by atomic mass is 32.2. The fourth-order valence-corrected chi connectivity index (χ4v) is 4.34. The molecule has 1 aromatic carbocycles. The zero-order chi connectivity index (χ0) is 15.3. The number of Topliss-reactive ketones (excluding diaryl/α,β-unsaturated/α-hetero) is 1. The Labute approximate surface area is 124 Å². The van der Waals surface area contributed by atoms with Crippen molar-refractivity contribution in [2.24, 2.45) is 0 Å². The van der Waals surface area contributed by atoms with Gasteiger partial charge < -0.3 is 9.47 Å². The van der Waals surface area contributed by atoms with E-state index in [4.69, 9.17) is 9.47 Å². The number of carbonyl (C=O) groups excluding carboxylic acids is 1. The number of fused-ring (bicyclic) bond motifs is 1. The molecule has 0 saturated carbocycles. The fraction of sp³-hybridized carbons (Fsp3) is 0.533. The number of benzene rings is 1. The number of sulfone groups is 1. The lowest BCUT2D eigenvalue weighted by molar-refractivity contribution is 0.0617. The van der Waals surface area contributed by atoms with Gasteiger partial charge in [0.25, 0.3) is 0 Å². The van der Waals surface area contributed by atoms with Crippen LogP contribution in [0.1, 0.15) is 37.0 Å². The molecule has 0 bridgehead atoms. The highest BCUT2D eigenvalue weighted by Gasteiger charge is 2.33. The van der Waals surface area contributed by atoms with Gasteiger partial charge >= 0.3 is 0 Å². The van der Waals surface area contributed by atoms with Crippen molar-refractivity contribution in [3.63, 3.8) is 0 Å². The molecule has 1 saturated heterocycles. The van der Waals surface area contributed by atoms with Gasteiger partial charge in [-0.05, 0) is 32.4 Å². The van der Waals surface area contributed by atoms with Gasteiger partial charge in [-0.1, -0.05) is 0 Å². The van der Waals surface area contributed by atoms with Crippen molar-refractivity contribution in [1.29, 1.82) is 0 Å². The van der Waals surface area contributed by atoms with Crippen molar-refractivity contribution >= 4 is 15.6 Å². The van der Waals surface area contributed by atoms with Crippen molar-refractivity contribution in [3.05, 3.63) is 23.8 Å². The summed E-state index contributed by atoms with van der Waals surface area (Å²) < 4.78 is 34.4. The average Bonchev–Trinajstić information content (AvgIpc) is 2.66. The summed E-state index contributed by atoms with van der Waals surface area (Å²) in [5.41, 5.74) is 0.0279. The molecular weight excluding hydrogens is 292 g/mol. The van der Waals surface area contributed by atoms with Gasteiger partial charge in [0, 0.05) is 6.07 Å². The summed E-state index contributed by atoms with van der Waals surface area (Å²) in [6, 6.07) is 5.06. The van der Waals surface area contributed by atoms with E-state index in [9.17, 15) is 13.2 Å². The number of ether oxygens (including phenoxy) is 2. The monoisotopic (exact) mass is 310 g/mol. The average molecular weight is 310 g/mol. The molecule has 1 aromatic rings. The van der Waals surface area contributed by atoms with E-state index < -0.39 is 15.4 Å². The van der Waals surface area contributed by atoms with E-state index in [2.05, 4.69) is 0 Å². The van der Waals surface area contributed by atoms with E-state index in [0.717, 1.165) is 0 Å². The normalized spacial score (nSPS) is 26.0. The van der Waals surface area contributed by atoms with Crippen molar-refractivity contribution < 1.29 is 22.7 Å². The van der Waals surface area contributed by atoms with Crippen molar-refractivity contribution in [2.75, 3.05) is 11.5 Å². The summed E-state index contributed by atoms with van der Waals surface area (Å²) in [4.78, 5) is 12.0. The molecule has 0 radical (unpaired) electrons. The molecule has 0 amide bonds. The van der Waals surface area contributed by atoms with Gasteiger partial charge in [-0.2, -0.15) is 0 Å². The van der Waals surface area contributed by atoms with Crippen LogP contribution in [0, 0.1) is 0 Å². The second kappa shape index (κ2) is 4.73. The zero-order valence-corrected chi connectivity index (χ0v) is 12.9. The second-order valence-corrected chi connectivity index (χ2v) is 8.49. The number of rotatable bonds is 2. The third-order valence-corrected chi connectivity index (χ3v) is 5.46. The Bertz CT molecular complexity index is 690. The Kier molecular flexibility index (Phi) is 3.24. The molecule has 2 aliphatic rings. The summed E-state index contributed by atoms with van der Waals surface area (Å²) in [7, 11) is -2.97. The maximum atomic E-state index is 12.0. The van der Waals surface area contributed by atoms with E-state index in [1.54, 1.807) is 18.2 Å². The lowest BCUT2D eigenvalue weighted by atomic mass is 9.93. The molecule has 0 N–H and O–H groups in total. The highest BCUT2D eigenvalue weighted by Crippen LogP contribution is 2.36. The predicted octanol–water partition coefficient (Wildman–Crippen LogP) is 2.00. The molecule has 1 unspecified atom stereocenters. The minimum Gasteiger partial charge on any atom is -0.489 e. The lowest BCUT2D eigenvalue weighted by Gasteiger charge is -2.31. The van der Waals surface area contributed by atoms with Gasteiger partial charge in [-0.15, -0.1) is 0 Å². The van der Waals surface area contributed by atoms with Crippen LogP contribution in [0.15, 0.2) is 18.2 Å². The van der Waals surface area contributed by atoms with E-state index in [1.165, 1.54) is 0 Å². The first kappa shape index (κ1) is 14.4. The van der Waals surface area contributed by atoms with Crippen molar-refractivity contribution in [2.45, 2.75) is 38.4 Å². The van der Waals surface area contributed by atoms with Gasteiger partial charge in [-0.25, -0.2) is 8.42 Å². The molecule has 114 valence electrons. The molecule has 2 aliphatic heterocycles. The Morgan fingerprint density at radius 2 is 2.10 bits per heavy atom. The zero-order valence-electron chi connectivity index (χ0n) is 12.1. The van der Waals surface area contributed by atoms with E-state index in [1.807, 2.05) is 13.8 Å². The van der Waals surface area contributed by atoms with Crippen LogP contribution < -0.4 is 9.47 Å². The summed E-state index contributed by atoms with van der Waals surface area (Å²) in [6.07, 6.45) is 0.534. The first-order chi connectivity index (χ1) is 9.74.